The molecule has 0 N–H and O–H groups in total. The number of aryl methyl sites for hydroxylation is 1. The molecule has 2 aliphatic rings. The van der Waals surface area contributed by atoms with Gasteiger partial charge in [0.2, 0.25) is 21.8 Å². The highest BCUT2D eigenvalue weighted by molar-refractivity contribution is 7.89. The zero-order valence-electron chi connectivity index (χ0n) is 15.8. The Morgan fingerprint density at radius 2 is 2.03 bits per heavy atom. The van der Waals surface area contributed by atoms with Crippen LogP contribution in [-0.2, 0) is 17.1 Å². The van der Waals surface area contributed by atoms with Crippen LogP contribution in [0.25, 0.3) is 11.5 Å². The number of piperidine rings is 1. The number of hydrogen-bond donors (Lipinski definition) is 0. The van der Waals surface area contributed by atoms with Gasteiger partial charge in [-0.05, 0) is 42.9 Å². The first-order valence-corrected chi connectivity index (χ1v) is 10.9. The Morgan fingerprint density at radius 3 is 2.72 bits per heavy atom. The molecule has 0 amide bonds. The molecule has 10 heteroatoms. The molecule has 2 aromatic heterocycles. The molecular weight excluding hydrogens is 397 g/mol. The van der Waals surface area contributed by atoms with Gasteiger partial charge in [-0.15, -0.1) is 10.2 Å². The molecule has 1 aliphatic heterocycles. The second kappa shape index (κ2) is 6.46. The van der Waals surface area contributed by atoms with Crippen LogP contribution in [0.4, 0.5) is 4.39 Å². The van der Waals surface area contributed by atoms with Gasteiger partial charge in [-0.3, -0.25) is 4.68 Å². The number of halogens is 1. The molecular formula is C19H20FN5O3S. The summed E-state index contributed by atoms with van der Waals surface area (Å²) in [6.07, 6.45) is 5.29. The van der Waals surface area contributed by atoms with Gasteiger partial charge in [0.05, 0.1) is 6.20 Å². The number of sulfonamides is 1. The van der Waals surface area contributed by atoms with E-state index in [0.717, 1.165) is 19.3 Å². The Bertz CT molecular complexity index is 1160. The van der Waals surface area contributed by atoms with Gasteiger partial charge < -0.3 is 4.42 Å². The molecule has 29 heavy (non-hydrogen) atoms. The van der Waals surface area contributed by atoms with Gasteiger partial charge in [0, 0.05) is 37.8 Å². The molecule has 0 bridgehead atoms. The molecule has 1 saturated carbocycles. The standard InChI is InChI=1S/C19H20FN5O3S/c1-24-12-15(11-21-24)29(26,27)25-7-5-19(6-8-25)10-16(19)18-23-22-17(28-18)13-3-2-4-14(20)9-13/h2-4,9,11-12,16H,5-8,10H2,1H3/t16-/m1/s1. The smallest absolute Gasteiger partial charge is 0.247 e. The second-order valence-electron chi connectivity index (χ2n) is 7.83. The van der Waals surface area contributed by atoms with Crippen LogP contribution in [0.3, 0.4) is 0 Å². The topological polar surface area (TPSA) is 94.1 Å². The van der Waals surface area contributed by atoms with Crippen LogP contribution in [-0.4, -0.2) is 45.8 Å². The second-order valence-corrected chi connectivity index (χ2v) is 9.77. The number of nitrogens with zero attached hydrogens (tertiary/aromatic N) is 5. The number of hydrogen-bond acceptors (Lipinski definition) is 6. The van der Waals surface area contributed by atoms with E-state index < -0.39 is 10.0 Å². The Balaban J connectivity index is 1.28. The highest BCUT2D eigenvalue weighted by Gasteiger charge is 2.59. The Kier molecular flexibility index (Phi) is 4.11. The van der Waals surface area contributed by atoms with E-state index in [1.54, 1.807) is 19.2 Å². The van der Waals surface area contributed by atoms with E-state index in [2.05, 4.69) is 15.3 Å². The van der Waals surface area contributed by atoms with Crippen LogP contribution in [0.5, 0.6) is 0 Å². The molecule has 1 saturated heterocycles. The summed E-state index contributed by atoms with van der Waals surface area (Å²) in [5.74, 6) is 0.624. The van der Waals surface area contributed by atoms with Gasteiger partial charge in [0.1, 0.15) is 10.7 Å². The molecule has 8 nitrogen and oxygen atoms in total. The molecule has 5 rings (SSSR count). The van der Waals surface area contributed by atoms with Crippen LogP contribution in [0.2, 0.25) is 0 Å². The molecule has 152 valence electrons. The summed E-state index contributed by atoms with van der Waals surface area (Å²) in [5, 5.41) is 12.2. The third-order valence-electron chi connectivity index (χ3n) is 6.04. The van der Waals surface area contributed by atoms with Gasteiger partial charge in [-0.25, -0.2) is 12.8 Å². The molecule has 1 spiro atoms. The normalized spacial score (nSPS) is 21.5. The average molecular weight is 417 g/mol. The van der Waals surface area contributed by atoms with Crippen LogP contribution < -0.4 is 0 Å². The van der Waals surface area contributed by atoms with Crippen molar-refractivity contribution in [2.24, 2.45) is 12.5 Å². The van der Waals surface area contributed by atoms with E-state index in [1.807, 2.05) is 0 Å². The van der Waals surface area contributed by atoms with E-state index in [0.29, 0.717) is 30.4 Å². The average Bonchev–Trinajstić information content (AvgIpc) is 3.06. The predicted octanol–water partition coefficient (Wildman–Crippen LogP) is 2.57. The zero-order chi connectivity index (χ0) is 20.2. The van der Waals surface area contributed by atoms with Crippen molar-refractivity contribution < 1.29 is 17.2 Å². The monoisotopic (exact) mass is 417 g/mol. The SMILES string of the molecule is Cn1cc(S(=O)(=O)N2CCC3(CC2)C[C@@H]3c2nnc(-c3cccc(F)c3)o2)cn1. The molecule has 1 aliphatic carbocycles. The maximum atomic E-state index is 13.4. The quantitative estimate of drug-likeness (QED) is 0.648. The predicted molar refractivity (Wildman–Crippen MR) is 101 cm³/mol. The number of aromatic nitrogens is 4. The lowest BCUT2D eigenvalue weighted by atomic mass is 9.92. The fourth-order valence-electron chi connectivity index (χ4n) is 4.22. The molecule has 1 atom stereocenters. The van der Waals surface area contributed by atoms with Crippen LogP contribution >= 0.6 is 0 Å². The van der Waals surface area contributed by atoms with Crippen LogP contribution in [0.15, 0.2) is 46.0 Å². The maximum absolute atomic E-state index is 13.4. The molecule has 0 unspecified atom stereocenters. The molecule has 3 heterocycles. The fraction of sp³-hybridized carbons (Fsp3) is 0.421. The van der Waals surface area contributed by atoms with Crippen LogP contribution in [0.1, 0.15) is 31.1 Å². The first-order valence-electron chi connectivity index (χ1n) is 9.46. The fourth-order valence-corrected chi connectivity index (χ4v) is 5.64. The Hall–Kier alpha value is -2.59. The summed E-state index contributed by atoms with van der Waals surface area (Å²) in [4.78, 5) is 0.222. The third-order valence-corrected chi connectivity index (χ3v) is 7.89. The minimum absolute atomic E-state index is 0.00665. The van der Waals surface area contributed by atoms with Crippen LogP contribution in [0, 0.1) is 11.2 Å². The van der Waals surface area contributed by atoms with E-state index in [9.17, 15) is 12.8 Å². The zero-order valence-corrected chi connectivity index (χ0v) is 16.6. The van der Waals surface area contributed by atoms with Crippen molar-refractivity contribution >= 4 is 10.0 Å². The van der Waals surface area contributed by atoms with Crippen molar-refractivity contribution in [3.8, 4) is 11.5 Å². The van der Waals surface area contributed by atoms with Gasteiger partial charge in [-0.1, -0.05) is 6.07 Å². The minimum atomic E-state index is -3.52. The van der Waals surface area contributed by atoms with E-state index in [1.165, 1.54) is 33.5 Å². The summed E-state index contributed by atoms with van der Waals surface area (Å²) in [6, 6.07) is 6.06. The van der Waals surface area contributed by atoms with Crippen molar-refractivity contribution in [3.05, 3.63) is 48.4 Å². The molecule has 1 aromatic carbocycles. The minimum Gasteiger partial charge on any atom is -0.420 e. The molecule has 2 fully saturated rings. The van der Waals surface area contributed by atoms with E-state index in [4.69, 9.17) is 4.42 Å². The highest BCUT2D eigenvalue weighted by Crippen LogP contribution is 2.64. The summed E-state index contributed by atoms with van der Waals surface area (Å²) < 4.78 is 47.8. The van der Waals surface area contributed by atoms with E-state index in [-0.39, 0.29) is 22.0 Å². The summed E-state index contributed by atoms with van der Waals surface area (Å²) in [7, 11) is -1.82. The summed E-state index contributed by atoms with van der Waals surface area (Å²) in [6.45, 7) is 0.914. The molecule has 3 aromatic rings. The third kappa shape index (κ3) is 3.16. The van der Waals surface area contributed by atoms with Crippen molar-refractivity contribution in [1.82, 2.24) is 24.3 Å². The van der Waals surface area contributed by atoms with E-state index >= 15 is 0 Å². The van der Waals surface area contributed by atoms with Crippen molar-refractivity contribution in [1.29, 1.82) is 0 Å². The highest BCUT2D eigenvalue weighted by atomic mass is 32.2. The first-order chi connectivity index (χ1) is 13.9. The Morgan fingerprint density at radius 1 is 1.24 bits per heavy atom. The lowest BCUT2D eigenvalue weighted by Crippen LogP contribution is -2.39. The Labute approximate surface area is 167 Å². The summed E-state index contributed by atoms with van der Waals surface area (Å²) in [5.41, 5.74) is 0.558. The van der Waals surface area contributed by atoms with Gasteiger partial charge >= 0.3 is 0 Å². The number of benzene rings is 1. The van der Waals surface area contributed by atoms with Crippen molar-refractivity contribution in [2.75, 3.05) is 13.1 Å². The first kappa shape index (κ1) is 18.4. The van der Waals surface area contributed by atoms with Crippen molar-refractivity contribution in [3.63, 3.8) is 0 Å². The lowest BCUT2D eigenvalue weighted by molar-refractivity contribution is 0.246. The van der Waals surface area contributed by atoms with Gasteiger partial charge in [0.25, 0.3) is 0 Å². The maximum Gasteiger partial charge on any atom is 0.247 e. The van der Waals surface area contributed by atoms with Crippen molar-refractivity contribution in [2.45, 2.75) is 30.1 Å². The van der Waals surface area contributed by atoms with Gasteiger partial charge in [-0.2, -0.15) is 9.40 Å². The number of rotatable bonds is 4. The summed E-state index contributed by atoms with van der Waals surface area (Å²) >= 11 is 0. The lowest BCUT2D eigenvalue weighted by Gasteiger charge is -2.31. The largest absolute Gasteiger partial charge is 0.420 e. The van der Waals surface area contributed by atoms with Gasteiger partial charge in [0.15, 0.2) is 0 Å². The molecule has 0 radical (unpaired) electrons.